The molecule has 0 saturated carbocycles. The van der Waals surface area contributed by atoms with Gasteiger partial charge in [0.1, 0.15) is 5.75 Å². The van der Waals surface area contributed by atoms with E-state index < -0.39 is 6.36 Å². The normalized spacial score (nSPS) is 22.0. The molecule has 23 heavy (non-hydrogen) atoms. The fraction of sp³-hybridized carbons (Fsp3) is 0.562. The molecule has 2 rings (SSSR count). The number of alkyl halides is 3. The summed E-state index contributed by atoms with van der Waals surface area (Å²) in [6.45, 7) is 3.25. The van der Waals surface area contributed by atoms with Gasteiger partial charge in [0.15, 0.2) is 0 Å². The van der Waals surface area contributed by atoms with E-state index in [9.17, 15) is 18.0 Å². The lowest BCUT2D eigenvalue weighted by Crippen LogP contribution is -2.49. The maximum Gasteiger partial charge on any atom is 0.573 e. The van der Waals surface area contributed by atoms with E-state index in [4.69, 9.17) is 5.73 Å². The van der Waals surface area contributed by atoms with Crippen molar-refractivity contribution in [3.05, 3.63) is 29.8 Å². The second-order valence-corrected chi connectivity index (χ2v) is 5.97. The highest BCUT2D eigenvalue weighted by Gasteiger charge is 2.31. The lowest BCUT2D eigenvalue weighted by molar-refractivity contribution is -0.274. The molecule has 0 spiro atoms. The lowest BCUT2D eigenvalue weighted by atomic mass is 9.92. The van der Waals surface area contributed by atoms with Gasteiger partial charge in [0.25, 0.3) is 0 Å². The van der Waals surface area contributed by atoms with E-state index in [-0.39, 0.29) is 24.1 Å². The molecule has 0 bridgehead atoms. The van der Waals surface area contributed by atoms with E-state index in [0.29, 0.717) is 24.6 Å². The van der Waals surface area contributed by atoms with Crippen molar-refractivity contribution in [1.29, 1.82) is 0 Å². The Bertz CT molecular complexity index is 531. The molecule has 1 amide bonds. The van der Waals surface area contributed by atoms with Gasteiger partial charge >= 0.3 is 6.36 Å². The number of benzene rings is 1. The molecule has 2 N–H and O–H groups in total. The quantitative estimate of drug-likeness (QED) is 0.923. The summed E-state index contributed by atoms with van der Waals surface area (Å²) < 4.78 is 40.2. The molecule has 1 aliphatic heterocycles. The first-order valence-corrected chi connectivity index (χ1v) is 7.62. The van der Waals surface area contributed by atoms with Crippen molar-refractivity contribution in [2.75, 3.05) is 13.1 Å². The highest BCUT2D eigenvalue weighted by molar-refractivity contribution is 5.79. The number of carbonyl (C=O) groups is 1. The van der Waals surface area contributed by atoms with E-state index in [1.165, 1.54) is 24.3 Å². The van der Waals surface area contributed by atoms with Crippen LogP contribution in [0.15, 0.2) is 24.3 Å². The molecular formula is C16H21F3N2O2. The fourth-order valence-electron chi connectivity index (χ4n) is 2.89. The average molecular weight is 330 g/mol. The minimum Gasteiger partial charge on any atom is -0.406 e. The molecule has 2 unspecified atom stereocenters. The summed E-state index contributed by atoms with van der Waals surface area (Å²) in [5, 5.41) is 0. The highest BCUT2D eigenvalue weighted by atomic mass is 19.4. The number of rotatable bonds is 4. The summed E-state index contributed by atoms with van der Waals surface area (Å²) in [7, 11) is 0. The van der Waals surface area contributed by atoms with Gasteiger partial charge < -0.3 is 15.4 Å². The Hall–Kier alpha value is -1.76. The van der Waals surface area contributed by atoms with Gasteiger partial charge in [-0.15, -0.1) is 13.2 Å². The van der Waals surface area contributed by atoms with E-state index in [2.05, 4.69) is 11.7 Å². The Balaban J connectivity index is 1.97. The molecule has 0 radical (unpaired) electrons. The molecule has 1 aromatic carbocycles. The van der Waals surface area contributed by atoms with Crippen LogP contribution in [0, 0.1) is 5.92 Å². The van der Waals surface area contributed by atoms with Gasteiger partial charge in [-0.3, -0.25) is 4.79 Å². The first-order valence-electron chi connectivity index (χ1n) is 7.62. The molecule has 1 heterocycles. The van der Waals surface area contributed by atoms with Crippen LogP contribution in [0.5, 0.6) is 5.75 Å². The third-order valence-corrected chi connectivity index (χ3v) is 4.08. The topological polar surface area (TPSA) is 55.6 Å². The molecule has 7 heteroatoms. The number of amides is 1. The molecule has 4 nitrogen and oxygen atoms in total. The van der Waals surface area contributed by atoms with Crippen molar-refractivity contribution in [1.82, 2.24) is 4.90 Å². The first-order chi connectivity index (χ1) is 10.8. The van der Waals surface area contributed by atoms with Crippen molar-refractivity contribution in [3.8, 4) is 5.75 Å². The summed E-state index contributed by atoms with van der Waals surface area (Å²) in [6, 6.07) is 5.43. The maximum absolute atomic E-state index is 12.4. The Morgan fingerprint density at radius 2 is 2.00 bits per heavy atom. The van der Waals surface area contributed by atoms with E-state index in [1.807, 2.05) is 0 Å². The van der Waals surface area contributed by atoms with Crippen molar-refractivity contribution in [2.45, 2.75) is 38.6 Å². The predicted molar refractivity (Wildman–Crippen MR) is 79.8 cm³/mol. The van der Waals surface area contributed by atoms with Gasteiger partial charge in [0, 0.05) is 19.1 Å². The summed E-state index contributed by atoms with van der Waals surface area (Å²) in [4.78, 5) is 14.2. The average Bonchev–Trinajstić information content (AvgIpc) is 2.47. The van der Waals surface area contributed by atoms with Crippen LogP contribution in [0.4, 0.5) is 13.2 Å². The third-order valence-electron chi connectivity index (χ3n) is 4.08. The number of carbonyl (C=O) groups excluding carboxylic acids is 1. The van der Waals surface area contributed by atoms with Crippen LogP contribution in [0.2, 0.25) is 0 Å². The summed E-state index contributed by atoms with van der Waals surface area (Å²) >= 11 is 0. The van der Waals surface area contributed by atoms with Crippen LogP contribution >= 0.6 is 0 Å². The highest BCUT2D eigenvalue weighted by Crippen LogP contribution is 2.25. The first kappa shape index (κ1) is 17.6. The minimum absolute atomic E-state index is 0.0408. The molecule has 1 aromatic rings. The number of nitrogens with two attached hydrogens (primary N) is 1. The number of piperidine rings is 1. The Labute approximate surface area is 133 Å². The predicted octanol–water partition coefficient (Wildman–Crippen LogP) is 2.71. The number of hydrogen-bond acceptors (Lipinski definition) is 3. The van der Waals surface area contributed by atoms with E-state index in [0.717, 1.165) is 12.8 Å². The second kappa shape index (κ2) is 7.21. The molecule has 2 atom stereocenters. The molecule has 0 aromatic heterocycles. The molecule has 1 aliphatic rings. The third kappa shape index (κ3) is 5.13. The number of likely N-dealkylation sites (tertiary alicyclic amines) is 1. The monoisotopic (exact) mass is 330 g/mol. The van der Waals surface area contributed by atoms with E-state index in [1.54, 1.807) is 4.90 Å². The van der Waals surface area contributed by atoms with Crippen molar-refractivity contribution in [3.63, 3.8) is 0 Å². The van der Waals surface area contributed by atoms with Gasteiger partial charge in [-0.1, -0.05) is 19.1 Å². The van der Waals surface area contributed by atoms with E-state index >= 15 is 0 Å². The number of halogens is 3. The van der Waals surface area contributed by atoms with Gasteiger partial charge in [-0.25, -0.2) is 0 Å². The SMILES string of the molecule is CC1CCN(C(=O)Cc2ccc(OC(F)(F)F)cc2)C(CN)C1. The van der Waals surface area contributed by atoms with Crippen LogP contribution in [-0.4, -0.2) is 36.3 Å². The van der Waals surface area contributed by atoms with Crippen molar-refractivity contribution >= 4 is 5.91 Å². The number of ether oxygens (including phenoxy) is 1. The molecule has 0 aliphatic carbocycles. The maximum atomic E-state index is 12.4. The number of nitrogens with zero attached hydrogens (tertiary/aromatic N) is 1. The molecule has 1 saturated heterocycles. The zero-order valence-electron chi connectivity index (χ0n) is 13.0. The van der Waals surface area contributed by atoms with Crippen LogP contribution in [0.1, 0.15) is 25.3 Å². The Kier molecular flexibility index (Phi) is 5.51. The Morgan fingerprint density at radius 3 is 2.57 bits per heavy atom. The van der Waals surface area contributed by atoms with Crippen molar-refractivity contribution < 1.29 is 22.7 Å². The lowest BCUT2D eigenvalue weighted by Gasteiger charge is -2.38. The largest absolute Gasteiger partial charge is 0.573 e. The second-order valence-electron chi connectivity index (χ2n) is 5.97. The molecule has 128 valence electrons. The van der Waals surface area contributed by atoms with Crippen LogP contribution in [-0.2, 0) is 11.2 Å². The zero-order chi connectivity index (χ0) is 17.0. The van der Waals surface area contributed by atoms with Crippen LogP contribution < -0.4 is 10.5 Å². The van der Waals surface area contributed by atoms with Crippen molar-refractivity contribution in [2.24, 2.45) is 11.7 Å². The Morgan fingerprint density at radius 1 is 1.35 bits per heavy atom. The van der Waals surface area contributed by atoms with Gasteiger partial charge in [-0.05, 0) is 36.5 Å². The minimum atomic E-state index is -4.71. The van der Waals surface area contributed by atoms with Gasteiger partial charge in [0.05, 0.1) is 6.42 Å². The summed E-state index contributed by atoms with van der Waals surface area (Å²) in [6.07, 6.45) is -2.73. The standard InChI is InChI=1S/C16H21F3N2O2/c1-11-6-7-21(13(8-11)10-20)15(22)9-12-2-4-14(5-3-12)23-16(17,18)19/h2-5,11,13H,6-10,20H2,1H3. The summed E-state index contributed by atoms with van der Waals surface area (Å²) in [5.41, 5.74) is 6.40. The zero-order valence-corrected chi connectivity index (χ0v) is 13.0. The molecular weight excluding hydrogens is 309 g/mol. The number of hydrogen-bond donors (Lipinski definition) is 1. The van der Waals surface area contributed by atoms with Gasteiger partial charge in [-0.2, -0.15) is 0 Å². The van der Waals surface area contributed by atoms with Crippen LogP contribution in [0.25, 0.3) is 0 Å². The smallest absolute Gasteiger partial charge is 0.406 e. The molecule has 1 fully saturated rings. The fourth-order valence-corrected chi connectivity index (χ4v) is 2.89. The van der Waals surface area contributed by atoms with Crippen LogP contribution in [0.3, 0.4) is 0 Å². The van der Waals surface area contributed by atoms with Gasteiger partial charge in [0.2, 0.25) is 5.91 Å². The summed E-state index contributed by atoms with van der Waals surface area (Å²) in [5.74, 6) is 0.212.